The molecular formula is C12H23NO3. The number of carbonyl (C=O) groups excluding carboxylic acids is 1. The highest BCUT2D eigenvalue weighted by Gasteiger charge is 2.32. The molecule has 0 aromatic heterocycles. The van der Waals surface area contributed by atoms with Crippen LogP contribution in [0.3, 0.4) is 0 Å². The van der Waals surface area contributed by atoms with Gasteiger partial charge in [0, 0.05) is 19.2 Å². The Balaban J connectivity index is 2.53. The lowest BCUT2D eigenvalue weighted by molar-refractivity contribution is -0.144. The Kier molecular flexibility index (Phi) is 5.22. The summed E-state index contributed by atoms with van der Waals surface area (Å²) in [4.78, 5) is 14.0. The zero-order chi connectivity index (χ0) is 12.1. The minimum absolute atomic E-state index is 0.0767. The van der Waals surface area contributed by atoms with Gasteiger partial charge in [-0.3, -0.25) is 4.79 Å². The summed E-state index contributed by atoms with van der Waals surface area (Å²) in [5.74, 6) is 0.0767. The number of ether oxygens (including phenoxy) is 1. The number of hydrogen-bond donors (Lipinski definition) is 1. The highest BCUT2D eigenvalue weighted by molar-refractivity contribution is 5.81. The maximum absolute atomic E-state index is 12.2. The summed E-state index contributed by atoms with van der Waals surface area (Å²) in [6.07, 6.45) is 2.34. The molecule has 1 fully saturated rings. The fourth-order valence-electron chi connectivity index (χ4n) is 2.03. The average Bonchev–Trinajstić information content (AvgIpc) is 2.64. The Bertz CT molecular complexity index is 230. The van der Waals surface area contributed by atoms with Gasteiger partial charge < -0.3 is 14.7 Å². The molecule has 1 heterocycles. The third-order valence-corrected chi connectivity index (χ3v) is 2.97. The van der Waals surface area contributed by atoms with Gasteiger partial charge in [-0.2, -0.15) is 0 Å². The van der Waals surface area contributed by atoms with Crippen molar-refractivity contribution in [3.8, 4) is 0 Å². The molecule has 94 valence electrons. The first-order valence-corrected chi connectivity index (χ1v) is 6.13. The predicted octanol–water partition coefficient (Wildman–Crippen LogP) is 1.17. The molecule has 0 radical (unpaired) electrons. The van der Waals surface area contributed by atoms with Crippen molar-refractivity contribution < 1.29 is 14.6 Å². The van der Waals surface area contributed by atoms with Gasteiger partial charge in [-0.15, -0.1) is 0 Å². The lowest BCUT2D eigenvalue weighted by atomic mass is 10.1. The molecule has 0 aliphatic carbocycles. The van der Waals surface area contributed by atoms with Gasteiger partial charge in [-0.05, 0) is 40.0 Å². The number of rotatable bonds is 5. The summed E-state index contributed by atoms with van der Waals surface area (Å²) in [6, 6.07) is 0.165. The summed E-state index contributed by atoms with van der Waals surface area (Å²) in [5.41, 5.74) is 0. The molecule has 0 aromatic rings. The molecule has 0 saturated carbocycles. The van der Waals surface area contributed by atoms with E-state index in [0.29, 0.717) is 13.0 Å². The molecule has 0 spiro atoms. The predicted molar refractivity (Wildman–Crippen MR) is 62.1 cm³/mol. The standard InChI is InChI=1S/C12H23NO3/c1-9(2)13(7-4-8-14)12(15)11-6-5-10(3)16-11/h9-11,14H,4-8H2,1-3H3. The van der Waals surface area contributed by atoms with Crippen LogP contribution in [0.25, 0.3) is 0 Å². The second kappa shape index (κ2) is 6.21. The van der Waals surface area contributed by atoms with Crippen LogP contribution in [0, 0.1) is 0 Å². The molecule has 1 aliphatic rings. The molecule has 2 atom stereocenters. The Morgan fingerprint density at radius 3 is 2.62 bits per heavy atom. The van der Waals surface area contributed by atoms with E-state index in [4.69, 9.17) is 9.84 Å². The van der Waals surface area contributed by atoms with Gasteiger partial charge in [0.1, 0.15) is 6.10 Å². The molecule has 1 amide bonds. The molecular weight excluding hydrogens is 206 g/mol. The maximum atomic E-state index is 12.2. The second-order valence-corrected chi connectivity index (χ2v) is 4.72. The summed E-state index contributed by atoms with van der Waals surface area (Å²) < 4.78 is 5.58. The summed E-state index contributed by atoms with van der Waals surface area (Å²) >= 11 is 0. The summed E-state index contributed by atoms with van der Waals surface area (Å²) in [7, 11) is 0. The lowest BCUT2D eigenvalue weighted by Crippen LogP contribution is -2.44. The molecule has 4 heteroatoms. The Hall–Kier alpha value is -0.610. The third kappa shape index (κ3) is 3.46. The van der Waals surface area contributed by atoms with Gasteiger partial charge in [0.25, 0.3) is 5.91 Å². The minimum Gasteiger partial charge on any atom is -0.396 e. The summed E-state index contributed by atoms with van der Waals surface area (Å²) in [6.45, 7) is 6.72. The highest BCUT2D eigenvalue weighted by atomic mass is 16.5. The minimum atomic E-state index is -0.268. The fraction of sp³-hybridized carbons (Fsp3) is 0.917. The molecule has 1 rings (SSSR count). The van der Waals surface area contributed by atoms with Gasteiger partial charge in [0.15, 0.2) is 0 Å². The number of carbonyl (C=O) groups is 1. The van der Waals surface area contributed by atoms with Crippen LogP contribution in [-0.2, 0) is 9.53 Å². The Morgan fingerprint density at radius 1 is 1.50 bits per heavy atom. The zero-order valence-electron chi connectivity index (χ0n) is 10.5. The van der Waals surface area contributed by atoms with Gasteiger partial charge >= 0.3 is 0 Å². The molecule has 0 aromatic carbocycles. The van der Waals surface area contributed by atoms with Gasteiger partial charge in [-0.1, -0.05) is 0 Å². The molecule has 0 bridgehead atoms. The van der Waals surface area contributed by atoms with Crippen molar-refractivity contribution in [1.29, 1.82) is 0 Å². The van der Waals surface area contributed by atoms with E-state index in [9.17, 15) is 4.79 Å². The van der Waals surface area contributed by atoms with E-state index in [1.54, 1.807) is 4.90 Å². The Morgan fingerprint density at radius 2 is 2.19 bits per heavy atom. The smallest absolute Gasteiger partial charge is 0.251 e. The SMILES string of the molecule is CC1CCC(C(=O)N(CCCO)C(C)C)O1. The van der Waals surface area contributed by atoms with Crippen LogP contribution in [-0.4, -0.2) is 47.3 Å². The van der Waals surface area contributed by atoms with Crippen molar-refractivity contribution in [3.05, 3.63) is 0 Å². The Labute approximate surface area is 97.6 Å². The fourth-order valence-corrected chi connectivity index (χ4v) is 2.03. The van der Waals surface area contributed by atoms with Crippen molar-refractivity contribution >= 4 is 5.91 Å². The van der Waals surface area contributed by atoms with Gasteiger partial charge in [0.2, 0.25) is 0 Å². The number of amides is 1. The van der Waals surface area contributed by atoms with Crippen LogP contribution in [0.2, 0.25) is 0 Å². The van der Waals surface area contributed by atoms with Crippen molar-refractivity contribution in [3.63, 3.8) is 0 Å². The van der Waals surface area contributed by atoms with Crippen LogP contribution in [0.15, 0.2) is 0 Å². The zero-order valence-corrected chi connectivity index (χ0v) is 10.5. The van der Waals surface area contributed by atoms with Crippen LogP contribution < -0.4 is 0 Å². The van der Waals surface area contributed by atoms with E-state index in [2.05, 4.69) is 0 Å². The van der Waals surface area contributed by atoms with E-state index in [1.807, 2.05) is 20.8 Å². The monoisotopic (exact) mass is 229 g/mol. The van der Waals surface area contributed by atoms with Crippen molar-refractivity contribution in [2.45, 2.75) is 58.3 Å². The topological polar surface area (TPSA) is 49.8 Å². The van der Waals surface area contributed by atoms with Crippen LogP contribution in [0.4, 0.5) is 0 Å². The molecule has 16 heavy (non-hydrogen) atoms. The van der Waals surface area contributed by atoms with Crippen molar-refractivity contribution in [2.24, 2.45) is 0 Å². The number of aliphatic hydroxyl groups excluding tert-OH is 1. The van der Waals surface area contributed by atoms with E-state index < -0.39 is 0 Å². The first kappa shape index (κ1) is 13.5. The average molecular weight is 229 g/mol. The van der Waals surface area contributed by atoms with E-state index in [0.717, 1.165) is 12.8 Å². The molecule has 1 N–H and O–H groups in total. The normalized spacial score (nSPS) is 25.1. The third-order valence-electron chi connectivity index (χ3n) is 2.97. The van der Waals surface area contributed by atoms with Gasteiger partial charge in [0.05, 0.1) is 6.10 Å². The largest absolute Gasteiger partial charge is 0.396 e. The van der Waals surface area contributed by atoms with Crippen molar-refractivity contribution in [1.82, 2.24) is 4.90 Å². The lowest BCUT2D eigenvalue weighted by Gasteiger charge is -2.29. The molecule has 1 aliphatic heterocycles. The number of aliphatic hydroxyl groups is 1. The van der Waals surface area contributed by atoms with Crippen LogP contribution in [0.5, 0.6) is 0 Å². The highest BCUT2D eigenvalue weighted by Crippen LogP contribution is 2.21. The van der Waals surface area contributed by atoms with E-state index in [1.165, 1.54) is 0 Å². The molecule has 2 unspecified atom stereocenters. The quantitative estimate of drug-likeness (QED) is 0.770. The van der Waals surface area contributed by atoms with Gasteiger partial charge in [-0.25, -0.2) is 0 Å². The van der Waals surface area contributed by atoms with E-state index in [-0.39, 0.29) is 30.8 Å². The first-order chi connectivity index (χ1) is 7.56. The van der Waals surface area contributed by atoms with E-state index >= 15 is 0 Å². The second-order valence-electron chi connectivity index (χ2n) is 4.72. The summed E-state index contributed by atoms with van der Waals surface area (Å²) in [5, 5.41) is 8.82. The molecule has 1 saturated heterocycles. The van der Waals surface area contributed by atoms with Crippen LogP contribution >= 0.6 is 0 Å². The molecule has 4 nitrogen and oxygen atoms in total. The van der Waals surface area contributed by atoms with Crippen molar-refractivity contribution in [2.75, 3.05) is 13.2 Å². The number of hydrogen-bond acceptors (Lipinski definition) is 3. The number of nitrogens with zero attached hydrogens (tertiary/aromatic N) is 1. The maximum Gasteiger partial charge on any atom is 0.251 e. The first-order valence-electron chi connectivity index (χ1n) is 6.13. The van der Waals surface area contributed by atoms with Crippen LogP contribution in [0.1, 0.15) is 40.0 Å².